The Morgan fingerprint density at radius 2 is 1.46 bits per heavy atom. The Hall–Kier alpha value is -2.60. The third-order valence-electron chi connectivity index (χ3n) is 4.19. The number of nitrogens with zero attached hydrogens (tertiary/aromatic N) is 1. The Labute approximate surface area is 167 Å². The molecule has 0 heterocycles. The number of aryl methyl sites for hydroxylation is 1. The van der Waals surface area contributed by atoms with E-state index in [2.05, 4.69) is 0 Å². The van der Waals surface area contributed by atoms with Crippen LogP contribution in [0.2, 0.25) is 0 Å². The lowest BCUT2D eigenvalue weighted by molar-refractivity contribution is 0.106. The summed E-state index contributed by atoms with van der Waals surface area (Å²) in [4.78, 5) is 14.3. The van der Waals surface area contributed by atoms with Crippen molar-refractivity contribution in [2.24, 2.45) is 0 Å². The Bertz CT molecular complexity index is 922. The molecule has 0 fully saturated rings. The standard InChI is InChI=1S/C22H27NO4S/c1-16(2)23(17(3)4)22(24)27-21(15-19-9-7-6-8-10-19)28(25,26)20-13-11-18(5)12-14-20/h6-17H,1-5H3/b21-15+. The van der Waals surface area contributed by atoms with Crippen molar-refractivity contribution >= 4 is 22.0 Å². The van der Waals surface area contributed by atoms with Crippen molar-refractivity contribution in [1.29, 1.82) is 0 Å². The van der Waals surface area contributed by atoms with Gasteiger partial charge < -0.3 is 9.64 Å². The van der Waals surface area contributed by atoms with E-state index in [-0.39, 0.29) is 22.1 Å². The molecular weight excluding hydrogens is 374 g/mol. The van der Waals surface area contributed by atoms with Crippen LogP contribution in [0.15, 0.2) is 64.6 Å². The second kappa shape index (κ2) is 9.06. The van der Waals surface area contributed by atoms with E-state index in [9.17, 15) is 13.2 Å². The van der Waals surface area contributed by atoms with Crippen molar-refractivity contribution in [1.82, 2.24) is 4.90 Å². The molecule has 0 saturated heterocycles. The second-order valence-corrected chi connectivity index (χ2v) is 9.03. The monoisotopic (exact) mass is 401 g/mol. The molecular formula is C22H27NO4S. The number of hydrogen-bond donors (Lipinski definition) is 0. The van der Waals surface area contributed by atoms with Crippen molar-refractivity contribution in [3.05, 3.63) is 70.8 Å². The number of amides is 1. The van der Waals surface area contributed by atoms with Gasteiger partial charge in [0.15, 0.2) is 0 Å². The van der Waals surface area contributed by atoms with Crippen LogP contribution in [0.3, 0.4) is 0 Å². The van der Waals surface area contributed by atoms with Crippen LogP contribution in [0.4, 0.5) is 4.79 Å². The summed E-state index contributed by atoms with van der Waals surface area (Å²) in [5, 5.41) is -0.390. The van der Waals surface area contributed by atoms with Crippen LogP contribution < -0.4 is 0 Å². The van der Waals surface area contributed by atoms with E-state index in [1.54, 1.807) is 36.4 Å². The molecule has 0 unspecified atom stereocenters. The molecule has 0 N–H and O–H groups in total. The summed E-state index contributed by atoms with van der Waals surface area (Å²) in [5.41, 5.74) is 1.57. The molecule has 0 aliphatic heterocycles. The van der Waals surface area contributed by atoms with Gasteiger partial charge in [0, 0.05) is 18.2 Å². The fraction of sp³-hybridized carbons (Fsp3) is 0.318. The quantitative estimate of drug-likeness (QED) is 0.637. The Balaban J connectivity index is 2.50. The van der Waals surface area contributed by atoms with Gasteiger partial charge in [0.2, 0.25) is 14.9 Å². The van der Waals surface area contributed by atoms with Gasteiger partial charge in [-0.3, -0.25) is 0 Å². The van der Waals surface area contributed by atoms with E-state index >= 15 is 0 Å². The number of hydrogen-bond acceptors (Lipinski definition) is 4. The summed E-state index contributed by atoms with van der Waals surface area (Å²) >= 11 is 0. The predicted molar refractivity (Wildman–Crippen MR) is 111 cm³/mol. The largest absolute Gasteiger partial charge is 0.416 e. The molecule has 0 aliphatic carbocycles. The molecule has 5 nitrogen and oxygen atoms in total. The molecule has 28 heavy (non-hydrogen) atoms. The predicted octanol–water partition coefficient (Wildman–Crippen LogP) is 5.02. The summed E-state index contributed by atoms with van der Waals surface area (Å²) in [5.74, 6) is 0. The minimum atomic E-state index is -4.00. The van der Waals surface area contributed by atoms with Gasteiger partial charge in [0.05, 0.1) is 4.90 Å². The zero-order valence-corrected chi connectivity index (χ0v) is 17.7. The van der Waals surface area contributed by atoms with Crippen LogP contribution in [0.5, 0.6) is 0 Å². The second-order valence-electron chi connectivity index (χ2n) is 7.15. The first-order valence-corrected chi connectivity index (χ1v) is 10.7. The van der Waals surface area contributed by atoms with Crippen LogP contribution in [-0.4, -0.2) is 31.5 Å². The number of ether oxygens (including phenoxy) is 1. The van der Waals surface area contributed by atoms with Crippen LogP contribution >= 0.6 is 0 Å². The van der Waals surface area contributed by atoms with E-state index in [4.69, 9.17) is 4.74 Å². The average molecular weight is 402 g/mol. The summed E-state index contributed by atoms with van der Waals surface area (Å²) in [6, 6.07) is 15.1. The number of sulfone groups is 1. The van der Waals surface area contributed by atoms with E-state index in [0.29, 0.717) is 5.56 Å². The van der Waals surface area contributed by atoms with Crippen LogP contribution in [0.25, 0.3) is 6.08 Å². The highest BCUT2D eigenvalue weighted by molar-refractivity contribution is 7.95. The topological polar surface area (TPSA) is 63.7 Å². The zero-order valence-electron chi connectivity index (χ0n) is 16.9. The highest BCUT2D eigenvalue weighted by Gasteiger charge is 2.29. The molecule has 2 aromatic rings. The van der Waals surface area contributed by atoms with E-state index in [1.807, 2.05) is 40.7 Å². The van der Waals surface area contributed by atoms with Crippen molar-refractivity contribution in [3.8, 4) is 0 Å². The van der Waals surface area contributed by atoms with Crippen molar-refractivity contribution < 1.29 is 17.9 Å². The van der Waals surface area contributed by atoms with E-state index < -0.39 is 15.9 Å². The molecule has 0 radical (unpaired) electrons. The van der Waals surface area contributed by atoms with Gasteiger partial charge in [-0.05, 0) is 52.3 Å². The Morgan fingerprint density at radius 1 is 0.929 bits per heavy atom. The molecule has 2 rings (SSSR count). The van der Waals surface area contributed by atoms with Crippen LogP contribution in [0, 0.1) is 6.92 Å². The smallest absolute Gasteiger partial charge is 0.397 e. The van der Waals surface area contributed by atoms with Crippen molar-refractivity contribution in [3.63, 3.8) is 0 Å². The molecule has 6 heteroatoms. The highest BCUT2D eigenvalue weighted by atomic mass is 32.2. The maximum Gasteiger partial charge on any atom is 0.416 e. The highest BCUT2D eigenvalue weighted by Crippen LogP contribution is 2.24. The number of rotatable bonds is 6. The van der Waals surface area contributed by atoms with Gasteiger partial charge in [-0.1, -0.05) is 48.0 Å². The molecule has 0 bridgehead atoms. The molecule has 150 valence electrons. The SMILES string of the molecule is Cc1ccc(S(=O)(=O)/C(=C/c2ccccc2)OC(=O)N(C(C)C)C(C)C)cc1. The molecule has 0 spiro atoms. The first-order valence-electron chi connectivity index (χ1n) is 9.21. The zero-order chi connectivity index (χ0) is 20.9. The molecule has 2 aromatic carbocycles. The molecule has 1 amide bonds. The fourth-order valence-electron chi connectivity index (χ4n) is 2.84. The maximum atomic E-state index is 13.2. The number of benzene rings is 2. The minimum absolute atomic E-state index is 0.0775. The molecule has 0 saturated carbocycles. The first-order chi connectivity index (χ1) is 13.1. The normalized spacial score (nSPS) is 12.3. The molecule has 0 aromatic heterocycles. The van der Waals surface area contributed by atoms with Crippen LogP contribution in [0.1, 0.15) is 38.8 Å². The minimum Gasteiger partial charge on any atom is -0.397 e. The van der Waals surface area contributed by atoms with Crippen molar-refractivity contribution in [2.45, 2.75) is 51.6 Å². The van der Waals surface area contributed by atoms with Gasteiger partial charge in [0.1, 0.15) is 0 Å². The summed E-state index contributed by atoms with van der Waals surface area (Å²) < 4.78 is 31.8. The van der Waals surface area contributed by atoms with Gasteiger partial charge in [-0.2, -0.15) is 0 Å². The molecule has 0 atom stereocenters. The summed E-state index contributed by atoms with van der Waals surface area (Å²) in [7, 11) is -4.00. The fourth-order valence-corrected chi connectivity index (χ4v) is 4.04. The summed E-state index contributed by atoms with van der Waals surface area (Å²) in [6.45, 7) is 9.31. The number of carbonyl (C=O) groups excluding carboxylic acids is 1. The molecule has 0 aliphatic rings. The lowest BCUT2D eigenvalue weighted by Crippen LogP contribution is -2.42. The lowest BCUT2D eigenvalue weighted by Gasteiger charge is -2.29. The number of carbonyl (C=O) groups is 1. The third kappa shape index (κ3) is 5.23. The van der Waals surface area contributed by atoms with E-state index in [0.717, 1.165) is 5.56 Å². The van der Waals surface area contributed by atoms with Gasteiger partial charge in [-0.25, -0.2) is 13.2 Å². The maximum absolute atomic E-state index is 13.2. The van der Waals surface area contributed by atoms with Gasteiger partial charge >= 0.3 is 6.09 Å². The first kappa shape index (κ1) is 21.7. The van der Waals surface area contributed by atoms with E-state index in [1.165, 1.54) is 23.1 Å². The average Bonchev–Trinajstić information content (AvgIpc) is 2.61. The third-order valence-corrected chi connectivity index (χ3v) is 5.82. The Kier molecular flexibility index (Phi) is 7.02. The van der Waals surface area contributed by atoms with Gasteiger partial charge in [-0.15, -0.1) is 0 Å². The van der Waals surface area contributed by atoms with Crippen molar-refractivity contribution in [2.75, 3.05) is 0 Å². The Morgan fingerprint density at radius 3 is 1.96 bits per heavy atom. The van der Waals surface area contributed by atoms with Crippen LogP contribution in [-0.2, 0) is 14.6 Å². The lowest BCUT2D eigenvalue weighted by atomic mass is 10.2. The van der Waals surface area contributed by atoms with Gasteiger partial charge in [0.25, 0.3) is 0 Å². The summed E-state index contributed by atoms with van der Waals surface area (Å²) in [6.07, 6.45) is 0.689.